The highest BCUT2D eigenvalue weighted by Crippen LogP contribution is 2.45. The van der Waals surface area contributed by atoms with Crippen LogP contribution in [-0.2, 0) is 0 Å². The Hall–Kier alpha value is -0.260. The van der Waals surface area contributed by atoms with E-state index in [1.807, 2.05) is 0 Å². The number of allylic oxidation sites excluding steroid dienone is 2. The molecule has 0 nitrogen and oxygen atoms in total. The van der Waals surface area contributed by atoms with Crippen molar-refractivity contribution in [2.24, 2.45) is 23.7 Å². The highest BCUT2D eigenvalue weighted by Gasteiger charge is 2.34. The maximum absolute atomic E-state index is 2.51. The standard InChI is InChI=1S/C16H26/c1(3-5-13-7-8-13)2-4-6-15-11-14-9-10-16(15)12-14/h9-10,13-16H,1-8,11-12H2. The van der Waals surface area contributed by atoms with Crippen LogP contribution in [-0.4, -0.2) is 0 Å². The number of unbranched alkanes of at least 4 members (excludes halogenated alkanes) is 3. The first kappa shape index (κ1) is 10.9. The first-order valence-corrected chi connectivity index (χ1v) is 7.60. The van der Waals surface area contributed by atoms with E-state index >= 15 is 0 Å². The molecule has 0 radical (unpaired) electrons. The van der Waals surface area contributed by atoms with Gasteiger partial charge < -0.3 is 0 Å². The summed E-state index contributed by atoms with van der Waals surface area (Å²) in [5.41, 5.74) is 0. The minimum atomic E-state index is 0.977. The van der Waals surface area contributed by atoms with Gasteiger partial charge in [0.2, 0.25) is 0 Å². The molecule has 3 atom stereocenters. The van der Waals surface area contributed by atoms with Gasteiger partial charge in [-0.1, -0.05) is 57.1 Å². The van der Waals surface area contributed by atoms with E-state index in [4.69, 9.17) is 0 Å². The quantitative estimate of drug-likeness (QED) is 0.419. The first-order valence-electron chi connectivity index (χ1n) is 7.60. The number of hydrogen-bond acceptors (Lipinski definition) is 0. The zero-order valence-corrected chi connectivity index (χ0v) is 10.5. The Morgan fingerprint density at radius 1 is 0.812 bits per heavy atom. The fourth-order valence-electron chi connectivity index (χ4n) is 3.83. The second-order valence-electron chi connectivity index (χ2n) is 6.48. The molecule has 0 spiro atoms. The molecule has 3 aliphatic carbocycles. The Morgan fingerprint density at radius 2 is 1.62 bits per heavy atom. The summed E-state index contributed by atoms with van der Waals surface area (Å²) in [5.74, 6) is 4.18. The Kier molecular flexibility index (Phi) is 3.35. The molecule has 0 aliphatic heterocycles. The van der Waals surface area contributed by atoms with Crippen LogP contribution in [0.3, 0.4) is 0 Å². The van der Waals surface area contributed by atoms with Crippen LogP contribution in [0.5, 0.6) is 0 Å². The van der Waals surface area contributed by atoms with Gasteiger partial charge in [-0.2, -0.15) is 0 Å². The van der Waals surface area contributed by atoms with Crippen molar-refractivity contribution >= 4 is 0 Å². The predicted molar refractivity (Wildman–Crippen MR) is 69.3 cm³/mol. The molecule has 3 unspecified atom stereocenters. The van der Waals surface area contributed by atoms with E-state index in [0.29, 0.717) is 0 Å². The van der Waals surface area contributed by atoms with Crippen molar-refractivity contribution in [3.8, 4) is 0 Å². The molecule has 2 fully saturated rings. The van der Waals surface area contributed by atoms with E-state index in [-0.39, 0.29) is 0 Å². The lowest BCUT2D eigenvalue weighted by Gasteiger charge is -2.17. The van der Waals surface area contributed by atoms with Gasteiger partial charge in [0.15, 0.2) is 0 Å². The Balaban J connectivity index is 1.22. The molecule has 0 N–H and O–H groups in total. The number of fused-ring (bicyclic) bond motifs is 2. The van der Waals surface area contributed by atoms with E-state index < -0.39 is 0 Å². The Bertz CT molecular complexity index is 249. The molecule has 16 heavy (non-hydrogen) atoms. The van der Waals surface area contributed by atoms with Gasteiger partial charge in [0, 0.05) is 0 Å². The minimum Gasteiger partial charge on any atom is -0.0851 e. The second-order valence-corrected chi connectivity index (χ2v) is 6.48. The molecule has 0 aromatic rings. The molecule has 0 aromatic heterocycles. The van der Waals surface area contributed by atoms with Gasteiger partial charge >= 0.3 is 0 Å². The molecule has 0 aromatic carbocycles. The van der Waals surface area contributed by atoms with Crippen LogP contribution in [0.2, 0.25) is 0 Å². The number of hydrogen-bond donors (Lipinski definition) is 0. The van der Waals surface area contributed by atoms with Crippen molar-refractivity contribution in [1.82, 2.24) is 0 Å². The Morgan fingerprint density at radius 3 is 2.25 bits per heavy atom. The summed E-state index contributed by atoms with van der Waals surface area (Å²) in [7, 11) is 0. The molecule has 2 saturated carbocycles. The van der Waals surface area contributed by atoms with Crippen LogP contribution < -0.4 is 0 Å². The Labute approximate surface area is 101 Å². The summed E-state index contributed by atoms with van der Waals surface area (Å²) < 4.78 is 0. The van der Waals surface area contributed by atoms with Gasteiger partial charge in [0.25, 0.3) is 0 Å². The van der Waals surface area contributed by atoms with Crippen LogP contribution >= 0.6 is 0 Å². The minimum absolute atomic E-state index is 0.977. The average molecular weight is 218 g/mol. The van der Waals surface area contributed by atoms with Crippen molar-refractivity contribution in [1.29, 1.82) is 0 Å². The van der Waals surface area contributed by atoms with Gasteiger partial charge in [-0.3, -0.25) is 0 Å². The van der Waals surface area contributed by atoms with E-state index in [1.165, 1.54) is 64.2 Å². The van der Waals surface area contributed by atoms with Gasteiger partial charge in [0.1, 0.15) is 0 Å². The summed E-state index contributed by atoms with van der Waals surface area (Å²) in [4.78, 5) is 0. The summed E-state index contributed by atoms with van der Waals surface area (Å²) in [5, 5.41) is 0. The lowest BCUT2D eigenvalue weighted by molar-refractivity contribution is 0.393. The van der Waals surface area contributed by atoms with Crippen LogP contribution in [0.1, 0.15) is 64.2 Å². The highest BCUT2D eigenvalue weighted by molar-refractivity contribution is 5.09. The maximum atomic E-state index is 2.51. The summed E-state index contributed by atoms with van der Waals surface area (Å²) >= 11 is 0. The lowest BCUT2D eigenvalue weighted by Crippen LogP contribution is -2.06. The molecular weight excluding hydrogens is 192 g/mol. The molecule has 2 bridgehead atoms. The van der Waals surface area contributed by atoms with Gasteiger partial charge in [-0.15, -0.1) is 0 Å². The van der Waals surface area contributed by atoms with Crippen molar-refractivity contribution in [2.75, 3.05) is 0 Å². The van der Waals surface area contributed by atoms with E-state index in [0.717, 1.165) is 23.7 Å². The molecule has 0 saturated heterocycles. The van der Waals surface area contributed by atoms with Gasteiger partial charge in [0.05, 0.1) is 0 Å². The predicted octanol–water partition coefficient (Wildman–Crippen LogP) is 4.95. The maximum Gasteiger partial charge on any atom is -0.0199 e. The summed E-state index contributed by atoms with van der Waals surface area (Å²) in [6.45, 7) is 0. The molecule has 0 heteroatoms. The zero-order chi connectivity index (χ0) is 10.8. The van der Waals surface area contributed by atoms with Crippen molar-refractivity contribution in [2.45, 2.75) is 64.2 Å². The fourth-order valence-corrected chi connectivity index (χ4v) is 3.83. The number of rotatable bonds is 7. The van der Waals surface area contributed by atoms with Crippen molar-refractivity contribution < 1.29 is 0 Å². The van der Waals surface area contributed by atoms with Gasteiger partial charge in [-0.25, -0.2) is 0 Å². The SMILES string of the molecule is C1=CC2CC1CC2CCCCCCC1CC1. The summed E-state index contributed by atoms with van der Waals surface area (Å²) in [6.07, 6.45) is 20.2. The summed E-state index contributed by atoms with van der Waals surface area (Å²) in [6, 6.07) is 0. The lowest BCUT2D eigenvalue weighted by atomic mass is 9.88. The second kappa shape index (κ2) is 4.94. The molecule has 3 aliphatic rings. The largest absolute Gasteiger partial charge is 0.0851 e. The topological polar surface area (TPSA) is 0 Å². The van der Waals surface area contributed by atoms with Crippen molar-refractivity contribution in [3.05, 3.63) is 12.2 Å². The third-order valence-electron chi connectivity index (χ3n) is 5.05. The highest BCUT2D eigenvalue weighted by atomic mass is 14.4. The molecule has 3 rings (SSSR count). The third-order valence-corrected chi connectivity index (χ3v) is 5.05. The zero-order valence-electron chi connectivity index (χ0n) is 10.5. The fraction of sp³-hybridized carbons (Fsp3) is 0.875. The smallest absolute Gasteiger partial charge is 0.0199 e. The first-order chi connectivity index (χ1) is 7.92. The molecule has 0 amide bonds. The third kappa shape index (κ3) is 2.70. The van der Waals surface area contributed by atoms with Crippen LogP contribution in [0, 0.1) is 23.7 Å². The van der Waals surface area contributed by atoms with Crippen LogP contribution in [0.4, 0.5) is 0 Å². The van der Waals surface area contributed by atoms with Crippen LogP contribution in [0.15, 0.2) is 12.2 Å². The van der Waals surface area contributed by atoms with Gasteiger partial charge in [-0.05, 0) is 42.9 Å². The molecule has 0 heterocycles. The van der Waals surface area contributed by atoms with E-state index in [9.17, 15) is 0 Å². The molecule has 90 valence electrons. The average Bonchev–Trinajstić information content (AvgIpc) is 2.88. The van der Waals surface area contributed by atoms with E-state index in [1.54, 1.807) is 0 Å². The molecular formula is C16H26. The van der Waals surface area contributed by atoms with Crippen LogP contribution in [0.25, 0.3) is 0 Å². The van der Waals surface area contributed by atoms with E-state index in [2.05, 4.69) is 12.2 Å². The van der Waals surface area contributed by atoms with Crippen molar-refractivity contribution in [3.63, 3.8) is 0 Å². The normalized spacial score (nSPS) is 36.1. The monoisotopic (exact) mass is 218 g/mol.